The Hall–Kier alpha value is -2.20. The van der Waals surface area contributed by atoms with E-state index in [1.807, 2.05) is 0 Å². The van der Waals surface area contributed by atoms with E-state index in [2.05, 4.69) is 4.74 Å². The van der Waals surface area contributed by atoms with E-state index in [0.29, 0.717) is 5.02 Å². The fraction of sp³-hybridized carbons (Fsp3) is 0.308. The molecule has 0 unspecified atom stereocenters. The lowest BCUT2D eigenvalue weighted by Gasteiger charge is -2.10. The fourth-order valence-corrected chi connectivity index (χ4v) is 1.77. The normalized spacial score (nSPS) is 10.8. The largest absolute Gasteiger partial charge is 0.480 e. The van der Waals surface area contributed by atoms with Crippen LogP contribution in [0.15, 0.2) is 18.2 Å². The highest BCUT2D eigenvalue weighted by molar-refractivity contribution is 6.35. The first kappa shape index (κ1) is 20.8. The van der Waals surface area contributed by atoms with Crippen LogP contribution in [0.2, 0.25) is 10.0 Å². The van der Waals surface area contributed by atoms with Crippen molar-refractivity contribution < 1.29 is 37.0 Å². The molecule has 0 fully saturated rings. The molecule has 0 saturated heterocycles. The fourth-order valence-electron chi connectivity index (χ4n) is 1.30. The smallest absolute Gasteiger partial charge is 0.405 e. The molecule has 25 heavy (non-hydrogen) atoms. The molecule has 2 N–H and O–H groups in total. The number of carbonyl (C=O) groups excluding carboxylic acids is 3. The zero-order valence-corrected chi connectivity index (χ0v) is 13.8. The zero-order valence-electron chi connectivity index (χ0n) is 12.3. The Bertz CT molecular complexity index is 655. The Morgan fingerprint density at radius 1 is 1.12 bits per heavy atom. The third-order valence-electron chi connectivity index (χ3n) is 2.31. The van der Waals surface area contributed by atoms with Crippen LogP contribution in [0, 0.1) is 0 Å². The average Bonchev–Trinajstić information content (AvgIpc) is 2.49. The Morgan fingerprint density at radius 2 is 1.80 bits per heavy atom. The number of esters is 1. The van der Waals surface area contributed by atoms with E-state index in [9.17, 15) is 27.6 Å². The Morgan fingerprint density at radius 3 is 2.40 bits per heavy atom. The predicted molar refractivity (Wildman–Crippen MR) is 80.5 cm³/mol. The predicted octanol–water partition coefficient (Wildman–Crippen LogP) is 2.30. The SMILES string of the molecule is O=C(COC(=O)COc1ccc(Cl)cc1Cl)NC(=O)NCC(F)(F)F. The molecule has 0 aliphatic rings. The van der Waals surface area contributed by atoms with Gasteiger partial charge in [-0.2, -0.15) is 13.2 Å². The van der Waals surface area contributed by atoms with Crippen molar-refractivity contribution in [2.24, 2.45) is 0 Å². The number of nitrogens with one attached hydrogen (secondary N) is 2. The zero-order chi connectivity index (χ0) is 19.0. The molecule has 1 aromatic carbocycles. The van der Waals surface area contributed by atoms with E-state index in [-0.39, 0.29) is 10.8 Å². The van der Waals surface area contributed by atoms with Crippen LogP contribution >= 0.6 is 23.2 Å². The number of halogens is 5. The van der Waals surface area contributed by atoms with Gasteiger partial charge in [-0.15, -0.1) is 0 Å². The monoisotopic (exact) mass is 402 g/mol. The van der Waals surface area contributed by atoms with Crippen molar-refractivity contribution in [2.75, 3.05) is 19.8 Å². The van der Waals surface area contributed by atoms with Crippen LogP contribution in [0.4, 0.5) is 18.0 Å². The average molecular weight is 403 g/mol. The third-order valence-corrected chi connectivity index (χ3v) is 2.84. The second-order valence-corrected chi connectivity index (χ2v) is 5.21. The number of imide groups is 1. The van der Waals surface area contributed by atoms with Gasteiger partial charge in [-0.1, -0.05) is 23.2 Å². The first-order valence-corrected chi connectivity index (χ1v) is 7.20. The molecule has 0 aliphatic carbocycles. The maximum absolute atomic E-state index is 11.9. The summed E-state index contributed by atoms with van der Waals surface area (Å²) in [5.74, 6) is -1.92. The van der Waals surface area contributed by atoms with Crippen LogP contribution in [-0.2, 0) is 14.3 Å². The second kappa shape index (κ2) is 9.33. The lowest BCUT2D eigenvalue weighted by molar-refractivity contribution is -0.150. The summed E-state index contributed by atoms with van der Waals surface area (Å²) in [4.78, 5) is 33.6. The van der Waals surface area contributed by atoms with Gasteiger partial charge in [0.25, 0.3) is 5.91 Å². The van der Waals surface area contributed by atoms with Gasteiger partial charge in [-0.3, -0.25) is 10.1 Å². The van der Waals surface area contributed by atoms with E-state index >= 15 is 0 Å². The van der Waals surface area contributed by atoms with Crippen molar-refractivity contribution in [3.8, 4) is 5.75 Å². The summed E-state index contributed by atoms with van der Waals surface area (Å²) in [7, 11) is 0. The van der Waals surface area contributed by atoms with Crippen LogP contribution in [0.25, 0.3) is 0 Å². The maximum Gasteiger partial charge on any atom is 0.405 e. The molecule has 12 heteroatoms. The van der Waals surface area contributed by atoms with Gasteiger partial charge >= 0.3 is 18.2 Å². The van der Waals surface area contributed by atoms with Crippen LogP contribution in [-0.4, -0.2) is 43.8 Å². The molecule has 0 heterocycles. The summed E-state index contributed by atoms with van der Waals surface area (Å²) >= 11 is 11.5. The van der Waals surface area contributed by atoms with Gasteiger partial charge in [0.05, 0.1) is 5.02 Å². The summed E-state index contributed by atoms with van der Waals surface area (Å²) in [5, 5.41) is 3.48. The van der Waals surface area contributed by atoms with Crippen LogP contribution < -0.4 is 15.4 Å². The van der Waals surface area contributed by atoms with Crippen LogP contribution in [0.1, 0.15) is 0 Å². The van der Waals surface area contributed by atoms with Crippen molar-refractivity contribution >= 4 is 41.1 Å². The minimum atomic E-state index is -4.62. The minimum Gasteiger partial charge on any atom is -0.480 e. The number of hydrogen-bond acceptors (Lipinski definition) is 5. The molecule has 0 radical (unpaired) electrons. The molecule has 0 saturated carbocycles. The number of rotatable bonds is 6. The minimum absolute atomic E-state index is 0.152. The van der Waals surface area contributed by atoms with E-state index in [0.717, 1.165) is 0 Å². The maximum atomic E-state index is 11.9. The first-order valence-electron chi connectivity index (χ1n) is 6.45. The molecular weight excluding hydrogens is 392 g/mol. The first-order chi connectivity index (χ1) is 11.6. The lowest BCUT2D eigenvalue weighted by Crippen LogP contribution is -2.44. The summed E-state index contributed by atoms with van der Waals surface area (Å²) in [6.07, 6.45) is -4.62. The van der Waals surface area contributed by atoms with E-state index in [1.54, 1.807) is 5.32 Å². The molecule has 3 amide bonds. The van der Waals surface area contributed by atoms with Gasteiger partial charge in [-0.25, -0.2) is 9.59 Å². The number of benzene rings is 1. The highest BCUT2D eigenvalue weighted by atomic mass is 35.5. The number of urea groups is 1. The van der Waals surface area contributed by atoms with Gasteiger partial charge in [0, 0.05) is 5.02 Å². The number of alkyl halides is 3. The summed E-state index contributed by atoms with van der Waals surface area (Å²) in [5.41, 5.74) is 0. The van der Waals surface area contributed by atoms with Crippen molar-refractivity contribution in [1.29, 1.82) is 0 Å². The van der Waals surface area contributed by atoms with Crippen molar-refractivity contribution in [1.82, 2.24) is 10.6 Å². The van der Waals surface area contributed by atoms with Gasteiger partial charge in [0.15, 0.2) is 13.2 Å². The topological polar surface area (TPSA) is 93.7 Å². The summed E-state index contributed by atoms with van der Waals surface area (Å²) in [6, 6.07) is 2.90. The summed E-state index contributed by atoms with van der Waals surface area (Å²) in [6.45, 7) is -3.08. The lowest BCUT2D eigenvalue weighted by atomic mass is 10.3. The standard InChI is InChI=1S/C13H11Cl2F3N2O5/c14-7-1-2-9(8(15)3-7)24-5-11(22)25-4-10(21)20-12(23)19-6-13(16,17)18/h1-3H,4-6H2,(H2,19,20,21,23). The number of carbonyl (C=O) groups is 3. The molecule has 1 rings (SSSR count). The third kappa shape index (κ3) is 9.01. The molecule has 138 valence electrons. The second-order valence-electron chi connectivity index (χ2n) is 4.37. The van der Waals surface area contributed by atoms with Crippen molar-refractivity contribution in [2.45, 2.75) is 6.18 Å². The van der Waals surface area contributed by atoms with Crippen molar-refractivity contribution in [3.05, 3.63) is 28.2 Å². The number of amides is 3. The highest BCUT2D eigenvalue weighted by Gasteiger charge is 2.28. The van der Waals surface area contributed by atoms with E-state index < -0.39 is 43.8 Å². The number of ether oxygens (including phenoxy) is 2. The highest BCUT2D eigenvalue weighted by Crippen LogP contribution is 2.27. The Labute approximate surface area is 149 Å². The Kier molecular flexibility index (Phi) is 7.78. The van der Waals surface area contributed by atoms with Crippen molar-refractivity contribution in [3.63, 3.8) is 0 Å². The quantitative estimate of drug-likeness (QED) is 0.712. The van der Waals surface area contributed by atoms with Gasteiger partial charge in [0.1, 0.15) is 12.3 Å². The van der Waals surface area contributed by atoms with Crippen LogP contribution in [0.3, 0.4) is 0 Å². The molecule has 0 atom stereocenters. The van der Waals surface area contributed by atoms with Gasteiger partial charge < -0.3 is 14.8 Å². The molecule has 0 spiro atoms. The van der Waals surface area contributed by atoms with Crippen LogP contribution in [0.5, 0.6) is 5.75 Å². The van der Waals surface area contributed by atoms with Gasteiger partial charge in [-0.05, 0) is 18.2 Å². The molecular formula is C13H11Cl2F3N2O5. The molecule has 0 aliphatic heterocycles. The molecule has 1 aromatic rings. The van der Waals surface area contributed by atoms with Gasteiger partial charge in [0.2, 0.25) is 0 Å². The Balaban J connectivity index is 2.29. The molecule has 0 aromatic heterocycles. The summed E-state index contributed by atoms with van der Waals surface area (Å²) < 4.78 is 45.1. The van der Waals surface area contributed by atoms with E-state index in [1.165, 1.54) is 23.5 Å². The molecule has 7 nitrogen and oxygen atoms in total. The number of hydrogen-bond donors (Lipinski definition) is 2. The molecule has 0 bridgehead atoms. The van der Waals surface area contributed by atoms with E-state index in [4.69, 9.17) is 27.9 Å².